The monoisotopic (exact) mass is 240 g/mol. The highest BCUT2D eigenvalue weighted by atomic mass is 32.2. The highest BCUT2D eigenvalue weighted by molar-refractivity contribution is 7.92. The van der Waals surface area contributed by atoms with E-state index in [9.17, 15) is 13.2 Å². The minimum Gasteiger partial charge on any atom is -0.366 e. The Kier molecular flexibility index (Phi) is 2.49. The summed E-state index contributed by atoms with van der Waals surface area (Å²) in [6.45, 7) is 0. The predicted octanol–water partition coefficient (Wildman–Crippen LogP) is -0.101. The second kappa shape index (κ2) is 3.81. The normalized spacial score (nSPS) is 11.2. The lowest BCUT2D eigenvalue weighted by molar-refractivity contribution is 0.600. The van der Waals surface area contributed by atoms with Gasteiger partial charge >= 0.3 is 0 Å². The van der Waals surface area contributed by atoms with Crippen molar-refractivity contribution < 1.29 is 8.42 Å². The molecule has 0 spiro atoms. The van der Waals surface area contributed by atoms with Crippen molar-refractivity contribution in [2.75, 3.05) is 4.72 Å². The molecule has 0 aromatic carbocycles. The molecule has 7 nitrogen and oxygen atoms in total. The van der Waals surface area contributed by atoms with E-state index < -0.39 is 15.5 Å². The van der Waals surface area contributed by atoms with Crippen molar-refractivity contribution in [3.05, 3.63) is 40.9 Å². The summed E-state index contributed by atoms with van der Waals surface area (Å²) in [7, 11) is -3.88. The summed E-state index contributed by atoms with van der Waals surface area (Å²) >= 11 is 0. The lowest BCUT2D eigenvalue weighted by Gasteiger charge is -2.03. The maximum atomic E-state index is 11.7. The average molecular weight is 240 g/mol. The van der Waals surface area contributed by atoms with Gasteiger partial charge in [0.2, 0.25) is 5.43 Å². The van der Waals surface area contributed by atoms with E-state index in [1.807, 2.05) is 0 Å². The Morgan fingerprint density at radius 3 is 2.75 bits per heavy atom. The maximum Gasteiger partial charge on any atom is 0.268 e. The van der Waals surface area contributed by atoms with Gasteiger partial charge in [0.1, 0.15) is 5.82 Å². The van der Waals surface area contributed by atoms with Crippen molar-refractivity contribution in [2.24, 2.45) is 0 Å². The van der Waals surface area contributed by atoms with Gasteiger partial charge in [-0.25, -0.2) is 8.42 Å². The molecule has 0 bridgehead atoms. The topological polar surface area (TPSA) is 108 Å². The Morgan fingerprint density at radius 1 is 1.31 bits per heavy atom. The fraction of sp³-hybridized carbons (Fsp3) is 0. The lowest BCUT2D eigenvalue weighted by Crippen LogP contribution is -2.21. The average Bonchev–Trinajstić information content (AvgIpc) is 2.70. The number of anilines is 1. The van der Waals surface area contributed by atoms with E-state index >= 15 is 0 Å². The van der Waals surface area contributed by atoms with Crippen molar-refractivity contribution in [1.82, 2.24) is 15.2 Å². The Labute approximate surface area is 90.6 Å². The van der Waals surface area contributed by atoms with Gasteiger partial charge < -0.3 is 4.98 Å². The Bertz CT molecular complexity index is 629. The molecule has 0 aliphatic rings. The van der Waals surface area contributed by atoms with E-state index in [-0.39, 0.29) is 10.7 Å². The van der Waals surface area contributed by atoms with Gasteiger partial charge in [0, 0.05) is 24.5 Å². The zero-order chi connectivity index (χ0) is 11.6. The predicted molar refractivity (Wildman–Crippen MR) is 56.5 cm³/mol. The molecular weight excluding hydrogens is 232 g/mol. The van der Waals surface area contributed by atoms with Crippen LogP contribution in [0, 0.1) is 0 Å². The van der Waals surface area contributed by atoms with Crippen LogP contribution in [0.5, 0.6) is 0 Å². The van der Waals surface area contributed by atoms with E-state index in [4.69, 9.17) is 0 Å². The smallest absolute Gasteiger partial charge is 0.268 e. The molecule has 0 radical (unpaired) electrons. The third-order valence-corrected chi connectivity index (χ3v) is 3.21. The molecule has 2 aromatic rings. The molecule has 0 atom stereocenters. The van der Waals surface area contributed by atoms with Crippen molar-refractivity contribution in [1.29, 1.82) is 0 Å². The molecule has 0 aliphatic heterocycles. The van der Waals surface area contributed by atoms with Crippen molar-refractivity contribution in [2.45, 2.75) is 4.90 Å². The van der Waals surface area contributed by atoms with E-state index in [0.717, 1.165) is 12.3 Å². The standard InChI is InChI=1S/C8H8N4O3S/c13-6-1-3-9-5-7(6)16(14,15)12-8-2-4-10-11-8/h1-5H,(H,9,13)(H2,10,11,12). The molecule has 0 saturated carbocycles. The molecule has 16 heavy (non-hydrogen) atoms. The number of hydrogen-bond acceptors (Lipinski definition) is 4. The molecule has 0 fully saturated rings. The van der Waals surface area contributed by atoms with Crippen LogP contribution in [-0.2, 0) is 10.0 Å². The molecule has 0 unspecified atom stereocenters. The number of nitrogens with zero attached hydrogens (tertiary/aromatic N) is 1. The van der Waals surface area contributed by atoms with Crippen LogP contribution in [0.15, 0.2) is 40.4 Å². The lowest BCUT2D eigenvalue weighted by atomic mass is 10.5. The minimum atomic E-state index is -3.88. The maximum absolute atomic E-state index is 11.7. The second-order valence-electron chi connectivity index (χ2n) is 2.95. The zero-order valence-corrected chi connectivity index (χ0v) is 8.78. The molecular formula is C8H8N4O3S. The fourth-order valence-electron chi connectivity index (χ4n) is 1.12. The highest BCUT2D eigenvalue weighted by Gasteiger charge is 2.17. The molecule has 0 amide bonds. The van der Waals surface area contributed by atoms with Crippen LogP contribution in [0.3, 0.4) is 0 Å². The van der Waals surface area contributed by atoms with Gasteiger partial charge in [-0.05, 0) is 0 Å². The van der Waals surface area contributed by atoms with Gasteiger partial charge in [-0.3, -0.25) is 14.6 Å². The van der Waals surface area contributed by atoms with Crippen LogP contribution >= 0.6 is 0 Å². The van der Waals surface area contributed by atoms with Gasteiger partial charge in [-0.2, -0.15) is 5.10 Å². The number of aromatic nitrogens is 3. The van der Waals surface area contributed by atoms with E-state index in [0.29, 0.717) is 0 Å². The zero-order valence-electron chi connectivity index (χ0n) is 7.97. The summed E-state index contributed by atoms with van der Waals surface area (Å²) in [4.78, 5) is 13.5. The molecule has 2 aromatic heterocycles. The summed E-state index contributed by atoms with van der Waals surface area (Å²) in [6, 6.07) is 2.58. The fourth-order valence-corrected chi connectivity index (χ4v) is 2.19. The summed E-state index contributed by atoms with van der Waals surface area (Å²) in [5.41, 5.74) is -0.578. The third kappa shape index (κ3) is 1.96. The first-order valence-corrected chi connectivity index (χ1v) is 5.77. The van der Waals surface area contributed by atoms with Gasteiger partial charge in [-0.15, -0.1) is 0 Å². The Morgan fingerprint density at radius 2 is 2.12 bits per heavy atom. The number of rotatable bonds is 3. The first-order valence-electron chi connectivity index (χ1n) is 4.29. The quantitative estimate of drug-likeness (QED) is 0.696. The highest BCUT2D eigenvalue weighted by Crippen LogP contribution is 2.08. The van der Waals surface area contributed by atoms with E-state index in [2.05, 4.69) is 19.9 Å². The van der Waals surface area contributed by atoms with Crippen molar-refractivity contribution in [3.63, 3.8) is 0 Å². The number of sulfonamides is 1. The number of H-pyrrole nitrogens is 2. The SMILES string of the molecule is O=c1cc[nH]cc1S(=O)(=O)Nc1ccn[nH]1. The number of nitrogens with one attached hydrogen (secondary N) is 3. The van der Waals surface area contributed by atoms with Gasteiger partial charge in [0.05, 0.1) is 6.20 Å². The minimum absolute atomic E-state index is 0.197. The molecule has 2 heterocycles. The summed E-state index contributed by atoms with van der Waals surface area (Å²) < 4.78 is 25.7. The summed E-state index contributed by atoms with van der Waals surface area (Å²) in [6.07, 6.45) is 3.88. The van der Waals surface area contributed by atoms with Gasteiger partial charge in [0.25, 0.3) is 10.0 Å². The van der Waals surface area contributed by atoms with Crippen LogP contribution in [0.2, 0.25) is 0 Å². The van der Waals surface area contributed by atoms with Crippen LogP contribution in [0.4, 0.5) is 5.82 Å². The van der Waals surface area contributed by atoms with Crippen LogP contribution in [0.1, 0.15) is 0 Å². The van der Waals surface area contributed by atoms with Crippen LogP contribution in [-0.4, -0.2) is 23.6 Å². The third-order valence-electron chi connectivity index (χ3n) is 1.82. The molecule has 2 rings (SSSR count). The Balaban J connectivity index is 2.41. The second-order valence-corrected chi connectivity index (χ2v) is 4.60. The van der Waals surface area contributed by atoms with Crippen LogP contribution < -0.4 is 10.2 Å². The first kappa shape index (κ1) is 10.4. The van der Waals surface area contributed by atoms with E-state index in [1.54, 1.807) is 0 Å². The number of aromatic amines is 2. The first-order chi connectivity index (χ1) is 7.59. The number of pyridine rings is 1. The van der Waals surface area contributed by atoms with Crippen molar-refractivity contribution >= 4 is 15.8 Å². The summed E-state index contributed by atoms with van der Waals surface area (Å²) in [5.74, 6) is 0.197. The molecule has 0 aliphatic carbocycles. The largest absolute Gasteiger partial charge is 0.366 e. The van der Waals surface area contributed by atoms with Crippen molar-refractivity contribution in [3.8, 4) is 0 Å². The van der Waals surface area contributed by atoms with Gasteiger partial charge in [0.15, 0.2) is 4.90 Å². The summed E-state index contributed by atoms with van der Waals surface area (Å²) in [5, 5.41) is 6.01. The van der Waals surface area contributed by atoms with Gasteiger partial charge in [-0.1, -0.05) is 0 Å². The molecule has 8 heteroatoms. The number of hydrogen-bond donors (Lipinski definition) is 3. The molecule has 3 N–H and O–H groups in total. The molecule has 84 valence electrons. The van der Waals surface area contributed by atoms with Crippen LogP contribution in [0.25, 0.3) is 0 Å². The molecule has 0 saturated heterocycles. The van der Waals surface area contributed by atoms with E-state index in [1.165, 1.54) is 18.5 Å². The Hall–Kier alpha value is -2.09.